The minimum atomic E-state index is -0.144. The fourth-order valence-electron chi connectivity index (χ4n) is 3.07. The molecule has 0 unspecified atom stereocenters. The van der Waals surface area contributed by atoms with Crippen molar-refractivity contribution < 1.29 is 9.53 Å². The molecule has 1 heterocycles. The quantitative estimate of drug-likeness (QED) is 0.859. The molecule has 1 amide bonds. The monoisotopic (exact) mass is 324 g/mol. The minimum Gasteiger partial charge on any atom is -0.494 e. The highest BCUT2D eigenvalue weighted by atomic mass is 16.5. The summed E-state index contributed by atoms with van der Waals surface area (Å²) < 4.78 is 5.51. The summed E-state index contributed by atoms with van der Waals surface area (Å²) in [6.45, 7) is 4.29. The fourth-order valence-corrected chi connectivity index (χ4v) is 3.07. The molecule has 1 aliphatic heterocycles. The molecular weight excluding hydrogens is 300 g/mol. The van der Waals surface area contributed by atoms with Crippen molar-refractivity contribution >= 4 is 5.91 Å². The number of amides is 1. The van der Waals surface area contributed by atoms with E-state index >= 15 is 0 Å². The van der Waals surface area contributed by atoms with Gasteiger partial charge in [-0.3, -0.25) is 4.79 Å². The molecule has 0 aliphatic carbocycles. The van der Waals surface area contributed by atoms with Crippen LogP contribution in [0, 0.1) is 5.92 Å². The Morgan fingerprint density at radius 1 is 1.17 bits per heavy atom. The van der Waals surface area contributed by atoms with Crippen LogP contribution in [0.2, 0.25) is 0 Å². The topological polar surface area (TPSA) is 50.4 Å². The van der Waals surface area contributed by atoms with Gasteiger partial charge in [-0.15, -0.1) is 0 Å². The van der Waals surface area contributed by atoms with Crippen LogP contribution in [0.3, 0.4) is 0 Å². The van der Waals surface area contributed by atoms with Gasteiger partial charge in [-0.2, -0.15) is 0 Å². The van der Waals surface area contributed by atoms with Gasteiger partial charge in [-0.1, -0.05) is 42.5 Å². The molecule has 0 bridgehead atoms. The summed E-state index contributed by atoms with van der Waals surface area (Å²) in [6, 6.07) is 17.9. The smallest absolute Gasteiger partial charge is 0.225 e. The summed E-state index contributed by atoms with van der Waals surface area (Å²) in [4.78, 5) is 12.6. The summed E-state index contributed by atoms with van der Waals surface area (Å²) in [5, 5.41) is 6.47. The van der Waals surface area contributed by atoms with Crippen LogP contribution in [0.4, 0.5) is 0 Å². The van der Waals surface area contributed by atoms with E-state index in [-0.39, 0.29) is 17.9 Å². The molecule has 4 heteroatoms. The Labute approximate surface area is 143 Å². The highest BCUT2D eigenvalue weighted by Crippen LogP contribution is 2.25. The van der Waals surface area contributed by atoms with Crippen molar-refractivity contribution in [2.24, 2.45) is 5.92 Å². The third-order valence-corrected chi connectivity index (χ3v) is 4.38. The van der Waals surface area contributed by atoms with E-state index in [1.807, 2.05) is 61.5 Å². The first-order valence-electron chi connectivity index (χ1n) is 8.56. The van der Waals surface area contributed by atoms with Crippen LogP contribution in [-0.2, 0) is 4.79 Å². The molecule has 2 aromatic rings. The SMILES string of the molecule is CCOc1ccc([C@@H](NC(=O)[C@H]2CCNC2)c2ccccc2)cc1. The second-order valence-electron chi connectivity index (χ2n) is 6.04. The molecule has 1 saturated heterocycles. The van der Waals surface area contributed by atoms with Gasteiger partial charge in [0.25, 0.3) is 0 Å². The molecule has 2 aromatic carbocycles. The molecule has 0 radical (unpaired) electrons. The van der Waals surface area contributed by atoms with E-state index in [4.69, 9.17) is 4.74 Å². The van der Waals surface area contributed by atoms with E-state index in [2.05, 4.69) is 10.6 Å². The van der Waals surface area contributed by atoms with Gasteiger partial charge in [0.05, 0.1) is 18.6 Å². The lowest BCUT2D eigenvalue weighted by atomic mass is 9.97. The van der Waals surface area contributed by atoms with Crippen LogP contribution in [-0.4, -0.2) is 25.6 Å². The molecule has 0 saturated carbocycles. The number of carbonyl (C=O) groups excluding carboxylic acids is 1. The first kappa shape index (κ1) is 16.5. The number of benzene rings is 2. The lowest BCUT2D eigenvalue weighted by Gasteiger charge is -2.22. The van der Waals surface area contributed by atoms with Crippen molar-refractivity contribution in [3.8, 4) is 5.75 Å². The van der Waals surface area contributed by atoms with E-state index in [9.17, 15) is 4.79 Å². The molecule has 1 fully saturated rings. The molecule has 0 spiro atoms. The average molecular weight is 324 g/mol. The number of hydrogen-bond donors (Lipinski definition) is 2. The Morgan fingerprint density at radius 2 is 1.88 bits per heavy atom. The van der Waals surface area contributed by atoms with E-state index < -0.39 is 0 Å². The normalized spacial score (nSPS) is 18.1. The molecule has 126 valence electrons. The summed E-state index contributed by atoms with van der Waals surface area (Å²) in [5.74, 6) is 1.01. The largest absolute Gasteiger partial charge is 0.494 e. The zero-order valence-corrected chi connectivity index (χ0v) is 14.0. The van der Waals surface area contributed by atoms with Gasteiger partial charge in [0, 0.05) is 6.54 Å². The second kappa shape index (κ2) is 7.97. The Bertz CT molecular complexity index is 649. The Morgan fingerprint density at radius 3 is 2.50 bits per heavy atom. The van der Waals surface area contributed by atoms with Gasteiger partial charge >= 0.3 is 0 Å². The number of ether oxygens (including phenoxy) is 1. The molecule has 4 nitrogen and oxygen atoms in total. The predicted molar refractivity (Wildman–Crippen MR) is 95.0 cm³/mol. The van der Waals surface area contributed by atoms with Crippen molar-refractivity contribution in [3.05, 3.63) is 65.7 Å². The zero-order valence-electron chi connectivity index (χ0n) is 14.0. The van der Waals surface area contributed by atoms with Crippen molar-refractivity contribution in [2.45, 2.75) is 19.4 Å². The molecule has 0 aromatic heterocycles. The zero-order chi connectivity index (χ0) is 16.8. The third kappa shape index (κ3) is 3.95. The molecular formula is C20H24N2O2. The van der Waals surface area contributed by atoms with Gasteiger partial charge in [0.15, 0.2) is 0 Å². The summed E-state index contributed by atoms with van der Waals surface area (Å²) in [7, 11) is 0. The van der Waals surface area contributed by atoms with Gasteiger partial charge < -0.3 is 15.4 Å². The van der Waals surface area contributed by atoms with Gasteiger partial charge in [-0.05, 0) is 43.1 Å². The van der Waals surface area contributed by atoms with E-state index in [1.54, 1.807) is 0 Å². The Hall–Kier alpha value is -2.33. The van der Waals surface area contributed by atoms with Crippen LogP contribution >= 0.6 is 0 Å². The first-order valence-corrected chi connectivity index (χ1v) is 8.56. The minimum absolute atomic E-state index is 0.0545. The maximum absolute atomic E-state index is 12.6. The molecule has 2 atom stereocenters. The molecule has 24 heavy (non-hydrogen) atoms. The summed E-state index contributed by atoms with van der Waals surface area (Å²) in [5.41, 5.74) is 2.14. The van der Waals surface area contributed by atoms with E-state index in [0.29, 0.717) is 6.61 Å². The Balaban J connectivity index is 1.83. The lowest BCUT2D eigenvalue weighted by Crippen LogP contribution is -2.35. The molecule has 3 rings (SSSR count). The number of hydrogen-bond acceptors (Lipinski definition) is 3. The third-order valence-electron chi connectivity index (χ3n) is 4.38. The van der Waals surface area contributed by atoms with Crippen LogP contribution in [0.15, 0.2) is 54.6 Å². The highest BCUT2D eigenvalue weighted by molar-refractivity contribution is 5.80. The highest BCUT2D eigenvalue weighted by Gasteiger charge is 2.25. The van der Waals surface area contributed by atoms with Crippen LogP contribution in [0.5, 0.6) is 5.75 Å². The van der Waals surface area contributed by atoms with Crippen LogP contribution in [0.25, 0.3) is 0 Å². The van der Waals surface area contributed by atoms with Crippen molar-refractivity contribution in [1.82, 2.24) is 10.6 Å². The van der Waals surface area contributed by atoms with E-state index in [1.165, 1.54) is 0 Å². The molecule has 2 N–H and O–H groups in total. The van der Waals surface area contributed by atoms with Gasteiger partial charge in [-0.25, -0.2) is 0 Å². The molecule has 1 aliphatic rings. The standard InChI is InChI=1S/C20H24N2O2/c1-2-24-18-10-8-16(9-11-18)19(15-6-4-3-5-7-15)22-20(23)17-12-13-21-14-17/h3-11,17,19,21H,2,12-14H2,1H3,(H,22,23)/t17-,19-/m0/s1. The summed E-state index contributed by atoms with van der Waals surface area (Å²) >= 11 is 0. The number of rotatable bonds is 6. The van der Waals surface area contributed by atoms with Crippen molar-refractivity contribution in [2.75, 3.05) is 19.7 Å². The second-order valence-corrected chi connectivity index (χ2v) is 6.04. The van der Waals surface area contributed by atoms with Gasteiger partial charge in [0.2, 0.25) is 5.91 Å². The maximum atomic E-state index is 12.6. The number of nitrogens with one attached hydrogen (secondary N) is 2. The van der Waals surface area contributed by atoms with E-state index in [0.717, 1.165) is 36.4 Å². The van der Waals surface area contributed by atoms with Crippen LogP contribution in [0.1, 0.15) is 30.5 Å². The van der Waals surface area contributed by atoms with Crippen molar-refractivity contribution in [3.63, 3.8) is 0 Å². The fraction of sp³-hybridized carbons (Fsp3) is 0.350. The first-order chi connectivity index (χ1) is 11.8. The maximum Gasteiger partial charge on any atom is 0.225 e. The summed E-state index contributed by atoms with van der Waals surface area (Å²) in [6.07, 6.45) is 0.899. The van der Waals surface area contributed by atoms with Gasteiger partial charge in [0.1, 0.15) is 5.75 Å². The Kier molecular flexibility index (Phi) is 5.49. The number of carbonyl (C=O) groups is 1. The predicted octanol–water partition coefficient (Wildman–Crippen LogP) is 2.90. The van der Waals surface area contributed by atoms with Crippen molar-refractivity contribution in [1.29, 1.82) is 0 Å². The lowest BCUT2D eigenvalue weighted by molar-refractivity contribution is -0.124. The average Bonchev–Trinajstić information content (AvgIpc) is 3.16. The van der Waals surface area contributed by atoms with Crippen LogP contribution < -0.4 is 15.4 Å².